The Bertz CT molecular complexity index is 1260. The second-order valence-electron chi connectivity index (χ2n) is 7.64. The Morgan fingerprint density at radius 2 is 1.97 bits per heavy atom. The van der Waals surface area contributed by atoms with Gasteiger partial charge in [0.25, 0.3) is 5.91 Å². The lowest BCUT2D eigenvalue weighted by molar-refractivity contribution is -0.124. The number of hydrogen-bond donors (Lipinski definition) is 1. The molecule has 0 atom stereocenters. The summed E-state index contributed by atoms with van der Waals surface area (Å²) in [5, 5.41) is 3.37. The molecule has 1 amide bonds. The van der Waals surface area contributed by atoms with Crippen LogP contribution in [0.5, 0.6) is 11.5 Å². The number of nitrogens with one attached hydrogen (secondary N) is 1. The van der Waals surface area contributed by atoms with Crippen molar-refractivity contribution in [1.29, 1.82) is 0 Å². The van der Waals surface area contributed by atoms with Gasteiger partial charge in [0.2, 0.25) is 6.79 Å². The van der Waals surface area contributed by atoms with E-state index in [1.807, 2.05) is 49.4 Å². The summed E-state index contributed by atoms with van der Waals surface area (Å²) in [6.07, 6.45) is 3.50. The van der Waals surface area contributed by atoms with Crippen LogP contribution in [0.1, 0.15) is 40.5 Å². The van der Waals surface area contributed by atoms with E-state index in [2.05, 4.69) is 11.4 Å². The average Bonchev–Trinajstić information content (AvgIpc) is 3.43. The maximum absolute atomic E-state index is 13.0. The summed E-state index contributed by atoms with van der Waals surface area (Å²) in [7, 11) is 0. The molecule has 3 aromatic rings. The molecular formula is C25H22N2O5. The zero-order chi connectivity index (χ0) is 22.1. The number of allylic oxidation sites excluding steroid dienone is 1. The van der Waals surface area contributed by atoms with E-state index in [0.717, 1.165) is 51.2 Å². The molecule has 0 unspecified atom stereocenters. The molecule has 2 aromatic carbocycles. The van der Waals surface area contributed by atoms with Crippen LogP contribution < -0.4 is 14.8 Å². The average molecular weight is 430 g/mol. The number of rotatable bonds is 5. The number of hydrogen-bond acceptors (Lipinski definition) is 6. The molecule has 32 heavy (non-hydrogen) atoms. The molecular weight excluding hydrogens is 408 g/mol. The summed E-state index contributed by atoms with van der Waals surface area (Å²) >= 11 is 0. The van der Waals surface area contributed by atoms with E-state index in [4.69, 9.17) is 19.2 Å². The normalized spacial score (nSPS) is 15.1. The van der Waals surface area contributed by atoms with Gasteiger partial charge >= 0.3 is 5.97 Å². The third kappa shape index (κ3) is 3.66. The molecule has 0 radical (unpaired) electrons. The lowest BCUT2D eigenvalue weighted by Crippen LogP contribution is -2.28. The zero-order valence-corrected chi connectivity index (χ0v) is 17.6. The van der Waals surface area contributed by atoms with Crippen molar-refractivity contribution in [1.82, 2.24) is 10.3 Å². The number of pyridine rings is 1. The first-order valence-electron chi connectivity index (χ1n) is 10.6. The summed E-state index contributed by atoms with van der Waals surface area (Å²) in [6.45, 7) is 2.22. The zero-order valence-electron chi connectivity index (χ0n) is 17.6. The second-order valence-corrected chi connectivity index (χ2v) is 7.64. The number of carbonyl (C=O) groups excluding carboxylic acids is 2. The van der Waals surface area contributed by atoms with E-state index >= 15 is 0 Å². The van der Waals surface area contributed by atoms with Gasteiger partial charge in [0.15, 0.2) is 18.1 Å². The molecule has 1 N–H and O–H groups in total. The van der Waals surface area contributed by atoms with Gasteiger partial charge in [-0.2, -0.15) is 0 Å². The monoisotopic (exact) mass is 430 g/mol. The number of aromatic nitrogens is 1. The number of benzene rings is 2. The van der Waals surface area contributed by atoms with Gasteiger partial charge in [-0.25, -0.2) is 9.78 Å². The standard InChI is InChI=1S/C25H22N2O5/c1-2-26-22(28)13-30-25(29)23-17-5-3-4-6-19(17)27-24-16(8-9-18(23)24)11-15-7-10-20-21(12-15)32-14-31-20/h3-7,10-12H,2,8-9,13-14H2,1H3,(H,26,28)/b16-11+. The highest BCUT2D eigenvalue weighted by Crippen LogP contribution is 2.39. The minimum absolute atomic E-state index is 0.230. The molecule has 2 aliphatic rings. The fourth-order valence-corrected chi connectivity index (χ4v) is 4.17. The largest absolute Gasteiger partial charge is 0.454 e. The summed E-state index contributed by atoms with van der Waals surface area (Å²) < 4.78 is 16.2. The van der Waals surface area contributed by atoms with Crippen LogP contribution in [-0.2, 0) is 16.0 Å². The Balaban J connectivity index is 1.54. The molecule has 0 fully saturated rings. The molecule has 0 spiro atoms. The van der Waals surface area contributed by atoms with Crippen molar-refractivity contribution in [2.45, 2.75) is 19.8 Å². The molecule has 1 aromatic heterocycles. The van der Waals surface area contributed by atoms with Crippen LogP contribution in [0.3, 0.4) is 0 Å². The topological polar surface area (TPSA) is 86.8 Å². The van der Waals surface area contributed by atoms with E-state index in [0.29, 0.717) is 18.5 Å². The van der Waals surface area contributed by atoms with Crippen LogP contribution in [0, 0.1) is 0 Å². The molecule has 5 rings (SSSR count). The molecule has 162 valence electrons. The van der Waals surface area contributed by atoms with Crippen LogP contribution in [0.25, 0.3) is 22.6 Å². The molecule has 1 aliphatic carbocycles. The second kappa shape index (κ2) is 8.34. The number of likely N-dealkylation sites (N-methyl/N-ethyl adjacent to an activating group) is 1. The first-order chi connectivity index (χ1) is 15.6. The van der Waals surface area contributed by atoms with E-state index in [1.54, 1.807) is 0 Å². The third-order valence-corrected chi connectivity index (χ3v) is 5.59. The van der Waals surface area contributed by atoms with Crippen LogP contribution in [0.15, 0.2) is 42.5 Å². The number of amides is 1. The summed E-state index contributed by atoms with van der Waals surface area (Å²) in [4.78, 5) is 29.7. The van der Waals surface area contributed by atoms with Crippen molar-refractivity contribution in [2.24, 2.45) is 0 Å². The summed E-state index contributed by atoms with van der Waals surface area (Å²) in [5.74, 6) is 0.633. The van der Waals surface area contributed by atoms with Gasteiger partial charge in [-0.1, -0.05) is 24.3 Å². The highest BCUT2D eigenvalue weighted by atomic mass is 16.7. The van der Waals surface area contributed by atoms with Crippen LogP contribution in [0.2, 0.25) is 0 Å². The lowest BCUT2D eigenvalue weighted by Gasteiger charge is -2.12. The van der Waals surface area contributed by atoms with Gasteiger partial charge < -0.3 is 19.5 Å². The van der Waals surface area contributed by atoms with E-state index in [9.17, 15) is 9.59 Å². The number of nitrogens with zero attached hydrogens (tertiary/aromatic N) is 1. The van der Waals surface area contributed by atoms with Crippen molar-refractivity contribution in [3.63, 3.8) is 0 Å². The maximum atomic E-state index is 13.0. The predicted octanol–water partition coefficient (Wildman–Crippen LogP) is 3.74. The number of para-hydroxylation sites is 1. The highest BCUT2D eigenvalue weighted by molar-refractivity contribution is 6.07. The fourth-order valence-electron chi connectivity index (χ4n) is 4.17. The number of fused-ring (bicyclic) bond motifs is 3. The Morgan fingerprint density at radius 3 is 2.84 bits per heavy atom. The minimum atomic E-state index is -0.504. The summed E-state index contributed by atoms with van der Waals surface area (Å²) in [6, 6.07) is 13.3. The van der Waals surface area contributed by atoms with Gasteiger partial charge in [-0.3, -0.25) is 4.79 Å². The van der Waals surface area contributed by atoms with E-state index in [1.165, 1.54) is 0 Å². The Kier molecular flexibility index (Phi) is 5.23. The van der Waals surface area contributed by atoms with Crippen molar-refractivity contribution >= 4 is 34.4 Å². The van der Waals surface area contributed by atoms with Gasteiger partial charge in [0.05, 0.1) is 16.8 Å². The number of esters is 1. The van der Waals surface area contributed by atoms with Crippen LogP contribution >= 0.6 is 0 Å². The van der Waals surface area contributed by atoms with Gasteiger partial charge in [0, 0.05) is 11.9 Å². The highest BCUT2D eigenvalue weighted by Gasteiger charge is 2.28. The van der Waals surface area contributed by atoms with E-state index < -0.39 is 5.97 Å². The first-order valence-corrected chi connectivity index (χ1v) is 10.6. The van der Waals surface area contributed by atoms with Crippen LogP contribution in [-0.4, -0.2) is 36.8 Å². The van der Waals surface area contributed by atoms with Gasteiger partial charge in [-0.15, -0.1) is 0 Å². The van der Waals surface area contributed by atoms with Crippen molar-refractivity contribution in [3.8, 4) is 11.5 Å². The Labute approximate surface area is 185 Å². The molecule has 0 saturated heterocycles. The molecule has 2 heterocycles. The van der Waals surface area contributed by atoms with Crippen molar-refractivity contribution in [2.75, 3.05) is 19.9 Å². The molecule has 1 aliphatic heterocycles. The lowest BCUT2D eigenvalue weighted by atomic mass is 10.0. The molecule has 7 heteroatoms. The first kappa shape index (κ1) is 20.1. The predicted molar refractivity (Wildman–Crippen MR) is 119 cm³/mol. The van der Waals surface area contributed by atoms with Crippen molar-refractivity contribution in [3.05, 3.63) is 64.8 Å². The fraction of sp³-hybridized carbons (Fsp3) is 0.240. The van der Waals surface area contributed by atoms with Gasteiger partial charge in [-0.05, 0) is 60.7 Å². The van der Waals surface area contributed by atoms with Gasteiger partial charge in [0.1, 0.15) is 0 Å². The van der Waals surface area contributed by atoms with E-state index in [-0.39, 0.29) is 19.3 Å². The SMILES string of the molecule is CCNC(=O)COC(=O)c1c2c(nc3ccccc13)/C(=C/c1ccc3c(c1)OCO3)CC2. The molecule has 7 nitrogen and oxygen atoms in total. The number of carbonyl (C=O) groups is 2. The van der Waals surface area contributed by atoms with Crippen LogP contribution in [0.4, 0.5) is 0 Å². The third-order valence-electron chi connectivity index (χ3n) is 5.59. The molecule has 0 saturated carbocycles. The minimum Gasteiger partial charge on any atom is -0.454 e. The number of ether oxygens (including phenoxy) is 3. The molecule has 0 bridgehead atoms. The maximum Gasteiger partial charge on any atom is 0.339 e. The Morgan fingerprint density at radius 1 is 1.12 bits per heavy atom. The Hall–Kier alpha value is -3.87. The smallest absolute Gasteiger partial charge is 0.339 e. The summed E-state index contributed by atoms with van der Waals surface area (Å²) in [5.41, 5.74) is 4.89. The quantitative estimate of drug-likeness (QED) is 0.621. The van der Waals surface area contributed by atoms with Crippen molar-refractivity contribution < 1.29 is 23.8 Å².